The van der Waals surface area contributed by atoms with Crippen molar-refractivity contribution in [1.82, 2.24) is 15.2 Å². The van der Waals surface area contributed by atoms with E-state index in [2.05, 4.69) is 23.3 Å². The lowest BCUT2D eigenvalue weighted by Crippen LogP contribution is -2.42. The Hall–Kier alpha value is -2.64. The van der Waals surface area contributed by atoms with Gasteiger partial charge in [-0.3, -0.25) is 4.79 Å². The summed E-state index contributed by atoms with van der Waals surface area (Å²) in [7, 11) is 0. The number of hydrogen-bond donors (Lipinski definition) is 2. The average molecular weight is 426 g/mol. The molecule has 0 saturated carbocycles. The largest absolute Gasteiger partial charge is 0.467 e. The van der Waals surface area contributed by atoms with Crippen LogP contribution in [-0.4, -0.2) is 34.3 Å². The molecule has 1 aliphatic heterocycles. The summed E-state index contributed by atoms with van der Waals surface area (Å²) in [6.45, 7) is 6.40. The highest BCUT2D eigenvalue weighted by atomic mass is 32.1. The molecule has 0 unspecified atom stereocenters. The predicted octanol–water partition coefficient (Wildman–Crippen LogP) is 3.79. The summed E-state index contributed by atoms with van der Waals surface area (Å²) in [6.07, 6.45) is 3.95. The van der Waals surface area contributed by atoms with Crippen molar-refractivity contribution in [3.05, 3.63) is 69.4 Å². The minimum atomic E-state index is -0.0948. The van der Waals surface area contributed by atoms with Crippen molar-refractivity contribution >= 4 is 28.2 Å². The lowest BCUT2D eigenvalue weighted by atomic mass is 10.0. The molecule has 3 aromatic rings. The summed E-state index contributed by atoms with van der Waals surface area (Å²) in [5.74, 6) is 0.792. The molecule has 0 aliphatic carbocycles. The first-order valence-electron chi connectivity index (χ1n) is 10.3. The van der Waals surface area contributed by atoms with Crippen molar-refractivity contribution in [2.75, 3.05) is 13.2 Å². The van der Waals surface area contributed by atoms with Gasteiger partial charge in [0.1, 0.15) is 5.76 Å². The number of fused-ring (bicyclic) bond motifs is 1. The van der Waals surface area contributed by atoms with Gasteiger partial charge in [0, 0.05) is 24.1 Å². The number of aromatic nitrogens is 1. The van der Waals surface area contributed by atoms with Crippen LogP contribution in [0.1, 0.15) is 35.3 Å². The van der Waals surface area contributed by atoms with Crippen LogP contribution in [0.2, 0.25) is 0 Å². The molecule has 1 fully saturated rings. The maximum Gasteiger partial charge on any atom is 0.253 e. The van der Waals surface area contributed by atoms with Gasteiger partial charge >= 0.3 is 0 Å². The molecule has 1 atom stereocenters. The summed E-state index contributed by atoms with van der Waals surface area (Å²) >= 11 is 5.67. The highest BCUT2D eigenvalue weighted by Gasteiger charge is 2.19. The Morgan fingerprint density at radius 1 is 1.27 bits per heavy atom. The number of pyridine rings is 1. The van der Waals surface area contributed by atoms with E-state index in [1.165, 1.54) is 0 Å². The maximum absolute atomic E-state index is 12.8. The second-order valence-electron chi connectivity index (χ2n) is 7.87. The molecule has 0 bridgehead atoms. The van der Waals surface area contributed by atoms with Crippen molar-refractivity contribution in [1.29, 1.82) is 0 Å². The van der Waals surface area contributed by atoms with E-state index in [4.69, 9.17) is 21.4 Å². The molecule has 0 spiro atoms. The van der Waals surface area contributed by atoms with Gasteiger partial charge in [0.15, 0.2) is 5.11 Å². The van der Waals surface area contributed by atoms with Crippen LogP contribution in [0.15, 0.2) is 45.8 Å². The fourth-order valence-electron chi connectivity index (χ4n) is 3.85. The van der Waals surface area contributed by atoms with E-state index < -0.39 is 0 Å². The normalized spacial score (nSPS) is 16.1. The predicted molar refractivity (Wildman–Crippen MR) is 122 cm³/mol. The van der Waals surface area contributed by atoms with Crippen molar-refractivity contribution < 1.29 is 9.15 Å². The van der Waals surface area contributed by atoms with Gasteiger partial charge in [-0.25, -0.2) is 0 Å². The molecule has 4 rings (SSSR count). The van der Waals surface area contributed by atoms with Crippen LogP contribution >= 0.6 is 12.2 Å². The molecule has 158 valence electrons. The first-order chi connectivity index (χ1) is 14.5. The molecule has 7 heteroatoms. The fraction of sp³-hybridized carbons (Fsp3) is 0.391. The number of benzene rings is 1. The molecule has 1 saturated heterocycles. The molecule has 0 amide bonds. The number of nitrogens with one attached hydrogen (secondary N) is 2. The number of nitrogens with zero attached hydrogens (tertiary/aromatic N) is 1. The number of ether oxygens (including phenoxy) is 1. The Labute approximate surface area is 181 Å². The first-order valence-corrected chi connectivity index (χ1v) is 10.7. The minimum absolute atomic E-state index is 0.0948. The van der Waals surface area contributed by atoms with E-state index in [0.29, 0.717) is 30.3 Å². The lowest BCUT2D eigenvalue weighted by molar-refractivity contribution is 0.113. The standard InChI is InChI=1S/C23H27N3O3S/c1-15-7-8-16(2)21-20(15)11-17(22(27)25-21)13-26(14-19-6-4-10-29-19)23(30)24-12-18-5-3-9-28-18/h4,6-8,10-11,18H,3,5,9,12-14H2,1-2H3,(H,24,30)(H,25,27)/t18-/m1/s1. The summed E-state index contributed by atoms with van der Waals surface area (Å²) < 4.78 is 11.2. The summed E-state index contributed by atoms with van der Waals surface area (Å²) in [5, 5.41) is 4.95. The van der Waals surface area contributed by atoms with E-state index in [0.717, 1.165) is 47.2 Å². The van der Waals surface area contributed by atoms with E-state index in [1.807, 2.05) is 36.1 Å². The Kier molecular flexibility index (Phi) is 6.20. The smallest absolute Gasteiger partial charge is 0.253 e. The molecule has 1 aromatic carbocycles. The zero-order valence-electron chi connectivity index (χ0n) is 17.4. The Morgan fingerprint density at radius 2 is 2.10 bits per heavy atom. The molecule has 0 radical (unpaired) electrons. The second-order valence-corrected chi connectivity index (χ2v) is 8.25. The molecular formula is C23H27N3O3S. The van der Waals surface area contributed by atoms with Crippen LogP contribution in [-0.2, 0) is 17.8 Å². The van der Waals surface area contributed by atoms with Gasteiger partial charge in [-0.2, -0.15) is 0 Å². The summed E-state index contributed by atoms with van der Waals surface area (Å²) in [4.78, 5) is 17.9. The van der Waals surface area contributed by atoms with Crippen LogP contribution in [0.3, 0.4) is 0 Å². The molecule has 30 heavy (non-hydrogen) atoms. The average Bonchev–Trinajstić information content (AvgIpc) is 3.43. The van der Waals surface area contributed by atoms with Crippen LogP contribution in [0, 0.1) is 13.8 Å². The van der Waals surface area contributed by atoms with Gasteiger partial charge in [0.05, 0.1) is 31.0 Å². The number of H-pyrrole nitrogens is 1. The number of furan rings is 1. The van der Waals surface area contributed by atoms with Gasteiger partial charge in [-0.15, -0.1) is 0 Å². The van der Waals surface area contributed by atoms with Crippen LogP contribution < -0.4 is 10.9 Å². The van der Waals surface area contributed by atoms with Crippen LogP contribution in [0.25, 0.3) is 10.9 Å². The van der Waals surface area contributed by atoms with Gasteiger partial charge in [0.2, 0.25) is 0 Å². The third-order valence-electron chi connectivity index (χ3n) is 5.60. The third kappa shape index (κ3) is 4.57. The molecule has 1 aliphatic rings. The Bertz CT molecular complexity index is 1090. The van der Waals surface area contributed by atoms with Crippen molar-refractivity contribution in [2.45, 2.75) is 45.9 Å². The Morgan fingerprint density at radius 3 is 2.83 bits per heavy atom. The van der Waals surface area contributed by atoms with Crippen LogP contribution in [0.5, 0.6) is 0 Å². The van der Waals surface area contributed by atoms with Crippen LogP contribution in [0.4, 0.5) is 0 Å². The second kappa shape index (κ2) is 9.02. The van der Waals surface area contributed by atoms with Gasteiger partial charge < -0.3 is 24.4 Å². The summed E-state index contributed by atoms with van der Waals surface area (Å²) in [5.41, 5.74) is 3.65. The minimum Gasteiger partial charge on any atom is -0.467 e. The number of aryl methyl sites for hydroxylation is 2. The monoisotopic (exact) mass is 425 g/mol. The molecule has 3 heterocycles. The first kappa shape index (κ1) is 20.6. The molecule has 6 nitrogen and oxygen atoms in total. The maximum atomic E-state index is 12.8. The molecule has 2 aromatic heterocycles. The Balaban J connectivity index is 1.59. The van der Waals surface area contributed by atoms with E-state index in [1.54, 1.807) is 6.26 Å². The number of aromatic amines is 1. The van der Waals surface area contributed by atoms with E-state index in [9.17, 15) is 4.79 Å². The molecule has 2 N–H and O–H groups in total. The zero-order chi connectivity index (χ0) is 21.1. The number of hydrogen-bond acceptors (Lipinski definition) is 4. The van der Waals surface area contributed by atoms with Crippen molar-refractivity contribution in [3.8, 4) is 0 Å². The number of rotatable bonds is 6. The van der Waals surface area contributed by atoms with E-state index in [-0.39, 0.29) is 11.7 Å². The molecular weight excluding hydrogens is 398 g/mol. The third-order valence-corrected chi connectivity index (χ3v) is 6.00. The van der Waals surface area contributed by atoms with Gasteiger partial charge in [0.25, 0.3) is 5.56 Å². The fourth-order valence-corrected chi connectivity index (χ4v) is 4.06. The van der Waals surface area contributed by atoms with Gasteiger partial charge in [-0.1, -0.05) is 12.1 Å². The van der Waals surface area contributed by atoms with Crippen molar-refractivity contribution in [2.24, 2.45) is 0 Å². The highest BCUT2D eigenvalue weighted by molar-refractivity contribution is 7.80. The SMILES string of the molecule is Cc1ccc(C)c2[nH]c(=O)c(CN(Cc3ccco3)C(=S)NC[C@H]3CCCO3)cc12. The number of thiocarbonyl (C=S) groups is 1. The van der Waals surface area contributed by atoms with Crippen molar-refractivity contribution in [3.63, 3.8) is 0 Å². The topological polar surface area (TPSA) is 70.5 Å². The zero-order valence-corrected chi connectivity index (χ0v) is 18.2. The lowest BCUT2D eigenvalue weighted by Gasteiger charge is -2.26. The quantitative estimate of drug-likeness (QED) is 0.586. The summed E-state index contributed by atoms with van der Waals surface area (Å²) in [6, 6.07) is 9.85. The highest BCUT2D eigenvalue weighted by Crippen LogP contribution is 2.21. The van der Waals surface area contributed by atoms with E-state index >= 15 is 0 Å². The van der Waals surface area contributed by atoms with Gasteiger partial charge in [-0.05, 0) is 68.2 Å².